The van der Waals surface area contributed by atoms with E-state index in [0.29, 0.717) is 18.5 Å². The highest BCUT2D eigenvalue weighted by Gasteiger charge is 2.33. The number of rotatable bonds is 6. The monoisotopic (exact) mass is 304 g/mol. The first-order chi connectivity index (χ1) is 9.31. The molecule has 2 N–H and O–H groups in total. The largest absolute Gasteiger partial charge is 0.379 e. The molecule has 2 aliphatic rings. The summed E-state index contributed by atoms with van der Waals surface area (Å²) in [7, 11) is 0. The van der Waals surface area contributed by atoms with Crippen LogP contribution in [0.2, 0.25) is 0 Å². The molecule has 6 heteroatoms. The van der Waals surface area contributed by atoms with Crippen molar-refractivity contribution in [3.63, 3.8) is 0 Å². The number of hydrogen-bond acceptors (Lipinski definition) is 5. The Bertz CT molecular complexity index is 286. The van der Waals surface area contributed by atoms with Gasteiger partial charge < -0.3 is 15.4 Å². The predicted molar refractivity (Wildman–Crippen MR) is 83.0 cm³/mol. The van der Waals surface area contributed by atoms with Gasteiger partial charge in [-0.25, -0.2) is 0 Å². The van der Waals surface area contributed by atoms with Crippen molar-refractivity contribution in [3.05, 3.63) is 0 Å². The van der Waals surface area contributed by atoms with Crippen LogP contribution in [0.15, 0.2) is 0 Å². The normalized spacial score (nSPS) is 31.3. The average molecular weight is 304 g/mol. The van der Waals surface area contributed by atoms with Gasteiger partial charge in [-0.3, -0.25) is 4.79 Å². The second-order valence-electron chi connectivity index (χ2n) is 5.02. The topological polar surface area (TPSA) is 50.4 Å². The fraction of sp³-hybridized carbons (Fsp3) is 0.923. The van der Waals surface area contributed by atoms with Gasteiger partial charge in [0.1, 0.15) is 0 Å². The molecule has 3 atom stereocenters. The summed E-state index contributed by atoms with van der Waals surface area (Å²) in [6, 6.07) is 0.188. The summed E-state index contributed by atoms with van der Waals surface area (Å²) in [6.45, 7) is 5.10. The quantitative estimate of drug-likeness (QED) is 0.766. The fourth-order valence-corrected chi connectivity index (χ4v) is 4.96. The zero-order valence-corrected chi connectivity index (χ0v) is 13.2. The summed E-state index contributed by atoms with van der Waals surface area (Å²) < 4.78 is 5.45. The first kappa shape index (κ1) is 15.5. The Kier molecular flexibility index (Phi) is 6.84. The van der Waals surface area contributed by atoms with Gasteiger partial charge in [-0.1, -0.05) is 6.92 Å². The standard InChI is InChI=1S/C13H24N2O2S2/c1-2-3-14-12-8-17-7-11(12)13(16)15-6-10-9-18-4-5-19-10/h10-12,14H,2-9H2,1H3,(H,15,16). The number of carbonyl (C=O) groups is 1. The molecule has 0 aromatic heterocycles. The lowest BCUT2D eigenvalue weighted by Gasteiger charge is -2.23. The number of thioether (sulfide) groups is 2. The molecule has 0 saturated carbocycles. The molecule has 110 valence electrons. The van der Waals surface area contributed by atoms with Gasteiger partial charge in [0.2, 0.25) is 5.91 Å². The van der Waals surface area contributed by atoms with Gasteiger partial charge >= 0.3 is 0 Å². The average Bonchev–Trinajstić information content (AvgIpc) is 2.92. The first-order valence-corrected chi connectivity index (χ1v) is 9.29. The molecule has 2 saturated heterocycles. The van der Waals surface area contributed by atoms with E-state index in [1.165, 1.54) is 11.5 Å². The van der Waals surface area contributed by atoms with Gasteiger partial charge in [0.25, 0.3) is 0 Å². The summed E-state index contributed by atoms with van der Waals surface area (Å²) in [4.78, 5) is 12.2. The van der Waals surface area contributed by atoms with Gasteiger partial charge in [0.05, 0.1) is 19.1 Å². The highest BCUT2D eigenvalue weighted by atomic mass is 32.2. The summed E-state index contributed by atoms with van der Waals surface area (Å²) in [5, 5.41) is 7.09. The minimum Gasteiger partial charge on any atom is -0.379 e. The molecule has 1 amide bonds. The Morgan fingerprint density at radius 3 is 3.00 bits per heavy atom. The Morgan fingerprint density at radius 2 is 2.26 bits per heavy atom. The molecule has 0 aromatic carbocycles. The van der Waals surface area contributed by atoms with Gasteiger partial charge in [0.15, 0.2) is 0 Å². The molecule has 19 heavy (non-hydrogen) atoms. The van der Waals surface area contributed by atoms with E-state index in [0.717, 1.165) is 25.3 Å². The number of carbonyl (C=O) groups excluding carboxylic acids is 1. The van der Waals surface area contributed by atoms with Crippen LogP contribution in [0.3, 0.4) is 0 Å². The molecule has 0 aromatic rings. The highest BCUT2D eigenvalue weighted by molar-refractivity contribution is 8.06. The van der Waals surface area contributed by atoms with Crippen molar-refractivity contribution >= 4 is 29.4 Å². The van der Waals surface area contributed by atoms with Gasteiger partial charge in [0, 0.05) is 35.1 Å². The number of ether oxygens (including phenoxy) is 1. The van der Waals surface area contributed by atoms with Crippen LogP contribution in [-0.4, -0.2) is 60.8 Å². The molecule has 0 aliphatic carbocycles. The molecular formula is C13H24N2O2S2. The fourth-order valence-electron chi connectivity index (χ4n) is 2.34. The van der Waals surface area contributed by atoms with E-state index >= 15 is 0 Å². The van der Waals surface area contributed by atoms with Crippen LogP contribution in [0.5, 0.6) is 0 Å². The van der Waals surface area contributed by atoms with Crippen LogP contribution in [0.4, 0.5) is 0 Å². The Balaban J connectivity index is 1.71. The lowest BCUT2D eigenvalue weighted by Crippen LogP contribution is -2.45. The maximum absolute atomic E-state index is 12.2. The zero-order valence-electron chi connectivity index (χ0n) is 11.5. The minimum atomic E-state index is -0.0206. The molecule has 2 aliphatic heterocycles. The minimum absolute atomic E-state index is 0.0206. The molecule has 4 nitrogen and oxygen atoms in total. The zero-order chi connectivity index (χ0) is 13.5. The van der Waals surface area contributed by atoms with Crippen molar-refractivity contribution in [2.45, 2.75) is 24.6 Å². The second-order valence-corrected chi connectivity index (χ2v) is 7.58. The van der Waals surface area contributed by atoms with Gasteiger partial charge in [-0.15, -0.1) is 0 Å². The van der Waals surface area contributed by atoms with Crippen molar-refractivity contribution in [2.24, 2.45) is 5.92 Å². The van der Waals surface area contributed by atoms with E-state index in [1.807, 2.05) is 23.5 Å². The highest BCUT2D eigenvalue weighted by Crippen LogP contribution is 2.23. The summed E-state index contributed by atoms with van der Waals surface area (Å²) in [5.41, 5.74) is 0. The van der Waals surface area contributed by atoms with Crippen molar-refractivity contribution in [2.75, 3.05) is 43.6 Å². The van der Waals surface area contributed by atoms with Gasteiger partial charge in [-0.2, -0.15) is 23.5 Å². The van der Waals surface area contributed by atoms with Crippen LogP contribution in [0, 0.1) is 5.92 Å². The first-order valence-electron chi connectivity index (χ1n) is 7.09. The van der Waals surface area contributed by atoms with E-state index in [9.17, 15) is 4.79 Å². The van der Waals surface area contributed by atoms with Crippen LogP contribution in [0.25, 0.3) is 0 Å². The maximum atomic E-state index is 12.2. The third kappa shape index (κ3) is 4.85. The van der Waals surface area contributed by atoms with E-state index in [-0.39, 0.29) is 17.9 Å². The predicted octanol–water partition coefficient (Wildman–Crippen LogP) is 0.966. The number of amides is 1. The molecule has 0 spiro atoms. The Morgan fingerprint density at radius 1 is 1.37 bits per heavy atom. The lowest BCUT2D eigenvalue weighted by atomic mass is 10.0. The third-order valence-electron chi connectivity index (χ3n) is 3.46. The van der Waals surface area contributed by atoms with Crippen LogP contribution in [0.1, 0.15) is 13.3 Å². The molecule has 2 rings (SSSR count). The molecular weight excluding hydrogens is 280 g/mol. The Labute approximate surface area is 124 Å². The molecule has 3 unspecified atom stereocenters. The van der Waals surface area contributed by atoms with Crippen molar-refractivity contribution in [1.29, 1.82) is 0 Å². The van der Waals surface area contributed by atoms with Crippen molar-refractivity contribution < 1.29 is 9.53 Å². The van der Waals surface area contributed by atoms with E-state index in [2.05, 4.69) is 17.6 Å². The van der Waals surface area contributed by atoms with E-state index in [4.69, 9.17) is 4.74 Å². The number of nitrogens with one attached hydrogen (secondary N) is 2. The van der Waals surface area contributed by atoms with Crippen molar-refractivity contribution in [3.8, 4) is 0 Å². The molecule has 2 fully saturated rings. The third-order valence-corrected chi connectivity index (χ3v) is 6.31. The summed E-state index contributed by atoms with van der Waals surface area (Å²) >= 11 is 3.97. The summed E-state index contributed by atoms with van der Waals surface area (Å²) in [6.07, 6.45) is 1.08. The Hall–Kier alpha value is 0.0900. The molecule has 0 radical (unpaired) electrons. The van der Waals surface area contributed by atoms with E-state index < -0.39 is 0 Å². The van der Waals surface area contributed by atoms with Crippen LogP contribution in [-0.2, 0) is 9.53 Å². The van der Waals surface area contributed by atoms with Gasteiger partial charge in [-0.05, 0) is 13.0 Å². The van der Waals surface area contributed by atoms with Crippen molar-refractivity contribution in [1.82, 2.24) is 10.6 Å². The van der Waals surface area contributed by atoms with E-state index in [1.54, 1.807) is 0 Å². The second kappa shape index (κ2) is 8.39. The number of hydrogen-bond donors (Lipinski definition) is 2. The molecule has 0 bridgehead atoms. The molecule has 2 heterocycles. The summed E-state index contributed by atoms with van der Waals surface area (Å²) in [5.74, 6) is 3.74. The lowest BCUT2D eigenvalue weighted by molar-refractivity contribution is -0.125. The van der Waals surface area contributed by atoms with Crippen LogP contribution >= 0.6 is 23.5 Å². The SMILES string of the molecule is CCCNC1COCC1C(=O)NCC1CSCCS1. The smallest absolute Gasteiger partial charge is 0.227 e. The van der Waals surface area contributed by atoms with Crippen LogP contribution < -0.4 is 10.6 Å². The maximum Gasteiger partial charge on any atom is 0.227 e.